The second-order valence-corrected chi connectivity index (χ2v) is 1.57. The summed E-state index contributed by atoms with van der Waals surface area (Å²) < 4.78 is 0. The number of hydrogen-bond acceptors (Lipinski definition) is 1. The second-order valence-electron chi connectivity index (χ2n) is 1.57. The van der Waals surface area contributed by atoms with Gasteiger partial charge in [-0.3, -0.25) is 5.41 Å². The predicted octanol–water partition coefficient (Wildman–Crippen LogP) is 0.511. The second kappa shape index (κ2) is 3.72. The van der Waals surface area contributed by atoms with Crippen LogP contribution in [0.25, 0.3) is 0 Å². The summed E-state index contributed by atoms with van der Waals surface area (Å²) in [6, 6.07) is 0. The number of hydrogen-bond donors (Lipinski definition) is 2. The zero-order valence-electron chi connectivity index (χ0n) is 5.46. The van der Waals surface area contributed by atoms with Gasteiger partial charge in [0.15, 0.2) is 5.96 Å². The molecule has 0 saturated carbocycles. The van der Waals surface area contributed by atoms with Gasteiger partial charge in [-0.2, -0.15) is 0 Å². The van der Waals surface area contributed by atoms with Crippen molar-refractivity contribution in [3.05, 3.63) is 24.9 Å². The molecule has 0 aliphatic heterocycles. The topological polar surface area (TPSA) is 53.1 Å². The molecule has 3 heteroatoms. The molecule has 3 nitrogen and oxygen atoms in total. The van der Waals surface area contributed by atoms with Crippen LogP contribution in [-0.4, -0.2) is 17.9 Å². The van der Waals surface area contributed by atoms with E-state index >= 15 is 0 Å². The van der Waals surface area contributed by atoms with Gasteiger partial charge in [-0.1, -0.05) is 12.7 Å². The Balaban J connectivity index is 3.75. The van der Waals surface area contributed by atoms with E-state index in [0.29, 0.717) is 0 Å². The Bertz CT molecular complexity index is 137. The fraction of sp³-hybridized carbons (Fsp3) is 0.167. The van der Waals surface area contributed by atoms with Crippen molar-refractivity contribution in [2.45, 2.75) is 0 Å². The summed E-state index contributed by atoms with van der Waals surface area (Å²) in [6.45, 7) is 3.47. The van der Waals surface area contributed by atoms with E-state index in [-0.39, 0.29) is 5.96 Å². The molecule has 0 aromatic heterocycles. The molecule has 0 heterocycles. The molecule has 0 amide bonds. The molecule has 3 N–H and O–H groups in total. The fourth-order valence-electron chi connectivity index (χ4n) is 0.270. The summed E-state index contributed by atoms with van der Waals surface area (Å²) in [5, 5.41) is 6.90. The van der Waals surface area contributed by atoms with E-state index in [0.717, 1.165) is 0 Å². The van der Waals surface area contributed by atoms with Gasteiger partial charge < -0.3 is 10.6 Å². The molecule has 0 saturated heterocycles. The molecule has 0 unspecified atom stereocenters. The molecule has 9 heavy (non-hydrogen) atoms. The van der Waals surface area contributed by atoms with Crippen molar-refractivity contribution >= 4 is 5.96 Å². The Kier molecular flexibility index (Phi) is 3.20. The molecular weight excluding hydrogens is 114 g/mol. The Hall–Kier alpha value is -1.25. The lowest BCUT2D eigenvalue weighted by Gasteiger charge is -2.08. The average molecular weight is 125 g/mol. The van der Waals surface area contributed by atoms with Gasteiger partial charge in [0.1, 0.15) is 0 Å². The third-order valence-corrected chi connectivity index (χ3v) is 0.826. The Labute approximate surface area is 55.0 Å². The van der Waals surface area contributed by atoms with Gasteiger partial charge in [0, 0.05) is 13.2 Å². The van der Waals surface area contributed by atoms with Crippen LogP contribution >= 0.6 is 0 Å². The minimum Gasteiger partial charge on any atom is -0.370 e. The molecule has 0 atom stereocenters. The monoisotopic (exact) mass is 125 g/mol. The van der Waals surface area contributed by atoms with Crippen molar-refractivity contribution in [2.24, 2.45) is 5.73 Å². The number of nitrogens with one attached hydrogen (secondary N) is 1. The lowest BCUT2D eigenvalue weighted by molar-refractivity contribution is 0.672. The van der Waals surface area contributed by atoms with E-state index in [4.69, 9.17) is 11.1 Å². The highest BCUT2D eigenvalue weighted by atomic mass is 15.2. The third-order valence-electron chi connectivity index (χ3n) is 0.826. The zero-order valence-corrected chi connectivity index (χ0v) is 5.46. The zero-order chi connectivity index (χ0) is 7.28. The summed E-state index contributed by atoms with van der Waals surface area (Å²) >= 11 is 0. The van der Waals surface area contributed by atoms with Gasteiger partial charge in [0.05, 0.1) is 0 Å². The summed E-state index contributed by atoms with van der Waals surface area (Å²) in [5.74, 6) is 0.0214. The van der Waals surface area contributed by atoms with E-state index in [1.54, 1.807) is 25.4 Å². The van der Waals surface area contributed by atoms with E-state index in [9.17, 15) is 0 Å². The molecule has 0 aromatic rings. The van der Waals surface area contributed by atoms with Gasteiger partial charge in [-0.15, -0.1) is 0 Å². The van der Waals surface area contributed by atoms with E-state index in [2.05, 4.69) is 6.58 Å². The minimum absolute atomic E-state index is 0.0214. The lowest BCUT2D eigenvalue weighted by atomic mass is 10.6. The number of rotatable bonds is 2. The first-order valence-electron chi connectivity index (χ1n) is 2.54. The van der Waals surface area contributed by atoms with Crippen LogP contribution < -0.4 is 5.73 Å². The van der Waals surface area contributed by atoms with Crippen LogP contribution in [0, 0.1) is 5.41 Å². The van der Waals surface area contributed by atoms with Crippen LogP contribution in [0.2, 0.25) is 0 Å². The van der Waals surface area contributed by atoms with Crippen molar-refractivity contribution in [3.8, 4) is 0 Å². The first-order chi connectivity index (χ1) is 4.18. The maximum atomic E-state index is 6.90. The standard InChI is InChI=1S/C6H11N3/c1-3-4-5-9(2)6(7)8/h3-5H,1H2,2H3,(H3,7,8)/b5-4-. The third kappa shape index (κ3) is 3.34. The maximum absolute atomic E-state index is 6.90. The maximum Gasteiger partial charge on any atom is 0.192 e. The van der Waals surface area contributed by atoms with Gasteiger partial charge in [0.2, 0.25) is 0 Å². The highest BCUT2D eigenvalue weighted by molar-refractivity contribution is 5.75. The van der Waals surface area contributed by atoms with Crippen molar-refractivity contribution in [2.75, 3.05) is 7.05 Å². The molecule has 0 spiro atoms. The number of allylic oxidation sites excluding steroid dienone is 2. The SMILES string of the molecule is C=C/C=C\N(C)C(=N)N. The normalized spacial score (nSPS) is 9.44. The van der Waals surface area contributed by atoms with Crippen LogP contribution in [-0.2, 0) is 0 Å². The van der Waals surface area contributed by atoms with Crippen molar-refractivity contribution in [3.63, 3.8) is 0 Å². The summed E-state index contributed by atoms with van der Waals surface area (Å²) in [6.07, 6.45) is 5.00. The number of nitrogens with zero attached hydrogens (tertiary/aromatic N) is 1. The van der Waals surface area contributed by atoms with Crippen molar-refractivity contribution < 1.29 is 0 Å². The highest BCUT2D eigenvalue weighted by Gasteiger charge is 1.88. The Morgan fingerprint density at radius 1 is 1.78 bits per heavy atom. The predicted molar refractivity (Wildman–Crippen MR) is 39.0 cm³/mol. The molecule has 0 fully saturated rings. The Morgan fingerprint density at radius 3 is 2.67 bits per heavy atom. The van der Waals surface area contributed by atoms with Crippen molar-refractivity contribution in [1.82, 2.24) is 4.90 Å². The smallest absolute Gasteiger partial charge is 0.192 e. The minimum atomic E-state index is 0.0214. The van der Waals surface area contributed by atoms with Gasteiger partial charge in [-0.05, 0) is 6.08 Å². The quantitative estimate of drug-likeness (QED) is 0.321. The number of guanidine groups is 1. The molecule has 0 aliphatic rings. The van der Waals surface area contributed by atoms with E-state index < -0.39 is 0 Å². The van der Waals surface area contributed by atoms with Crippen LogP contribution in [0.3, 0.4) is 0 Å². The van der Waals surface area contributed by atoms with Crippen LogP contribution in [0.1, 0.15) is 0 Å². The molecule has 0 radical (unpaired) electrons. The van der Waals surface area contributed by atoms with E-state index in [1.165, 1.54) is 4.90 Å². The van der Waals surface area contributed by atoms with Crippen LogP contribution in [0.4, 0.5) is 0 Å². The molecule has 0 aromatic carbocycles. The summed E-state index contributed by atoms with van der Waals surface area (Å²) in [4.78, 5) is 1.49. The number of nitrogens with two attached hydrogens (primary N) is 1. The molecule has 0 bridgehead atoms. The highest BCUT2D eigenvalue weighted by Crippen LogP contribution is 1.80. The molecular formula is C6H11N3. The first kappa shape index (κ1) is 7.75. The average Bonchev–Trinajstić information content (AvgIpc) is 1.82. The molecule has 0 rings (SSSR count). The largest absolute Gasteiger partial charge is 0.370 e. The van der Waals surface area contributed by atoms with E-state index in [1.807, 2.05) is 0 Å². The lowest BCUT2D eigenvalue weighted by Crippen LogP contribution is -2.27. The van der Waals surface area contributed by atoms with Crippen molar-refractivity contribution in [1.29, 1.82) is 5.41 Å². The van der Waals surface area contributed by atoms with Gasteiger partial charge in [-0.25, -0.2) is 0 Å². The molecule has 0 aliphatic carbocycles. The van der Waals surface area contributed by atoms with Crippen LogP contribution in [0.15, 0.2) is 24.9 Å². The summed E-state index contributed by atoms with van der Waals surface area (Å²) in [5.41, 5.74) is 5.10. The summed E-state index contributed by atoms with van der Waals surface area (Å²) in [7, 11) is 1.70. The Morgan fingerprint density at radius 2 is 2.33 bits per heavy atom. The van der Waals surface area contributed by atoms with Gasteiger partial charge in [0.25, 0.3) is 0 Å². The molecule has 50 valence electrons. The fourth-order valence-corrected chi connectivity index (χ4v) is 0.270. The van der Waals surface area contributed by atoms with Gasteiger partial charge >= 0.3 is 0 Å². The van der Waals surface area contributed by atoms with Crippen LogP contribution in [0.5, 0.6) is 0 Å². The first-order valence-corrected chi connectivity index (χ1v) is 2.54.